The van der Waals surface area contributed by atoms with Gasteiger partial charge in [-0.2, -0.15) is 0 Å². The zero-order chi connectivity index (χ0) is 55.8. The lowest BCUT2D eigenvalue weighted by molar-refractivity contribution is 1.17. The van der Waals surface area contributed by atoms with Crippen LogP contribution in [-0.2, 0) is 0 Å². The molecule has 0 aliphatic carbocycles. The van der Waals surface area contributed by atoms with Crippen LogP contribution < -0.4 is 9.80 Å². The second-order valence-electron chi connectivity index (χ2n) is 21.6. The molecule has 0 atom stereocenters. The van der Waals surface area contributed by atoms with Gasteiger partial charge in [-0.15, -0.1) is 0 Å². The van der Waals surface area contributed by atoms with Crippen molar-refractivity contribution < 1.29 is 0 Å². The molecule has 5 heterocycles. The first-order chi connectivity index (χ1) is 41.5. The van der Waals surface area contributed by atoms with Gasteiger partial charge in [0.2, 0.25) is 0 Å². The molecule has 16 rings (SSSR count). The van der Waals surface area contributed by atoms with Crippen molar-refractivity contribution in [3.05, 3.63) is 290 Å². The smallest absolute Gasteiger partial charge is 0.0973 e. The second-order valence-corrected chi connectivity index (χ2v) is 21.6. The summed E-state index contributed by atoms with van der Waals surface area (Å²) in [5, 5.41) is 7.07. The van der Waals surface area contributed by atoms with Crippen molar-refractivity contribution in [3.63, 3.8) is 0 Å². The van der Waals surface area contributed by atoms with Gasteiger partial charge in [0, 0.05) is 90.0 Å². The summed E-state index contributed by atoms with van der Waals surface area (Å²) in [6.45, 7) is 4.28. The van der Waals surface area contributed by atoms with Crippen LogP contribution in [0.1, 0.15) is 11.1 Å². The van der Waals surface area contributed by atoms with E-state index in [1.54, 1.807) is 0 Å². The lowest BCUT2D eigenvalue weighted by Gasteiger charge is -2.27. The molecule has 396 valence electrons. The van der Waals surface area contributed by atoms with Crippen molar-refractivity contribution in [1.29, 1.82) is 0 Å². The minimum Gasteiger partial charge on any atom is -0.309 e. The van der Waals surface area contributed by atoms with Gasteiger partial charge in [0.05, 0.1) is 66.9 Å². The summed E-state index contributed by atoms with van der Waals surface area (Å²) in [4.78, 5) is 25.5. The molecule has 0 unspecified atom stereocenters. The number of pyridine rings is 2. The number of aromatic nitrogens is 6. The van der Waals surface area contributed by atoms with E-state index in [2.05, 4.69) is 288 Å². The van der Waals surface area contributed by atoms with Gasteiger partial charge < -0.3 is 18.9 Å². The van der Waals surface area contributed by atoms with Crippen LogP contribution in [0.25, 0.3) is 110 Å². The molecule has 0 spiro atoms. The maximum absolute atomic E-state index is 5.48. The molecule has 5 aromatic heterocycles. The highest BCUT2D eigenvalue weighted by Gasteiger charge is 2.22. The van der Waals surface area contributed by atoms with Crippen LogP contribution in [0.15, 0.2) is 279 Å². The number of para-hydroxylation sites is 6. The van der Waals surface area contributed by atoms with Crippen molar-refractivity contribution >= 4 is 111 Å². The molecule has 0 N–H and O–H groups in total. The van der Waals surface area contributed by atoms with Crippen LogP contribution in [-0.4, -0.2) is 29.1 Å². The topological polar surface area (TPSA) is 67.9 Å². The number of fused-ring (bicyclic) bond motifs is 9. The first-order valence-corrected chi connectivity index (χ1v) is 28.4. The average Bonchev–Trinajstić information content (AvgIpc) is 4.26. The van der Waals surface area contributed by atoms with Crippen LogP contribution in [0, 0.1) is 13.8 Å². The fourth-order valence-corrected chi connectivity index (χ4v) is 12.5. The second kappa shape index (κ2) is 19.8. The van der Waals surface area contributed by atoms with E-state index in [-0.39, 0.29) is 0 Å². The monoisotopic (exact) mass is 1080 g/mol. The number of benzene rings is 11. The highest BCUT2D eigenvalue weighted by molar-refractivity contribution is 6.10. The van der Waals surface area contributed by atoms with Crippen LogP contribution >= 0.6 is 0 Å². The van der Waals surface area contributed by atoms with Gasteiger partial charge in [-0.3, -0.25) is 9.97 Å². The van der Waals surface area contributed by atoms with E-state index in [1.165, 1.54) is 54.7 Å². The molecule has 8 heteroatoms. The van der Waals surface area contributed by atoms with Crippen molar-refractivity contribution in [2.75, 3.05) is 9.80 Å². The summed E-state index contributed by atoms with van der Waals surface area (Å²) >= 11 is 0. The molecular weight excluding hydrogens is 1020 g/mol. The van der Waals surface area contributed by atoms with E-state index >= 15 is 0 Å². The molecule has 0 amide bonds. The summed E-state index contributed by atoms with van der Waals surface area (Å²) in [6.07, 6.45) is 3.75. The quantitative estimate of drug-likeness (QED) is 0.136. The largest absolute Gasteiger partial charge is 0.309 e. The van der Waals surface area contributed by atoms with Gasteiger partial charge in [-0.1, -0.05) is 133 Å². The Morgan fingerprint density at radius 3 is 0.988 bits per heavy atom. The summed E-state index contributed by atoms with van der Waals surface area (Å²) in [6, 6.07) is 95.2. The van der Waals surface area contributed by atoms with E-state index < -0.39 is 0 Å². The van der Waals surface area contributed by atoms with E-state index in [4.69, 9.17) is 19.9 Å². The highest BCUT2D eigenvalue weighted by atomic mass is 15.2. The van der Waals surface area contributed by atoms with E-state index in [0.717, 1.165) is 101 Å². The average molecular weight is 1080 g/mol. The third-order valence-electron chi connectivity index (χ3n) is 16.7. The Hall–Kier alpha value is -11.2. The minimum absolute atomic E-state index is 0.801. The van der Waals surface area contributed by atoms with Gasteiger partial charge in [0.15, 0.2) is 0 Å². The molecule has 16 aromatic rings. The Morgan fingerprint density at radius 1 is 0.310 bits per heavy atom. The third-order valence-corrected chi connectivity index (χ3v) is 16.7. The molecule has 0 aliphatic rings. The third kappa shape index (κ3) is 8.06. The maximum Gasteiger partial charge on any atom is 0.0973 e. The van der Waals surface area contributed by atoms with E-state index in [1.807, 2.05) is 24.5 Å². The fraction of sp³-hybridized carbons (Fsp3) is 0.0263. The number of aryl methyl sites for hydroxylation is 2. The van der Waals surface area contributed by atoms with Gasteiger partial charge in [0.25, 0.3) is 0 Å². The van der Waals surface area contributed by atoms with E-state index in [0.29, 0.717) is 0 Å². The van der Waals surface area contributed by atoms with Crippen LogP contribution in [0.2, 0.25) is 0 Å². The predicted octanol–water partition coefficient (Wildman–Crippen LogP) is 19.8. The standard InChI is InChI=1S/C76H52N8/c1-49-47-65-66(48-50(49)2)80-76(54-31-35-56(36-32-54)82(72-28-12-16-52-18-14-46-78-74(52)72)58-39-43-60(44-40-58)84-69-25-9-5-21-63(69)64-22-6-10-26-70(64)84)75(79-65)53-29-33-55(34-30-53)81(71-27-11-15-51-17-13-45-77-73(51)71)57-37-41-59(42-38-57)83-67-23-7-3-19-61(67)62-20-4-8-24-68(62)83/h3-48H,1-2H3. The molecule has 0 saturated carbocycles. The Bertz CT molecular complexity index is 4770. The molecule has 11 aromatic carbocycles. The number of anilines is 6. The number of nitrogens with zero attached hydrogens (tertiary/aromatic N) is 8. The van der Waals surface area contributed by atoms with Crippen molar-refractivity contribution in [3.8, 4) is 33.9 Å². The van der Waals surface area contributed by atoms with Gasteiger partial charge in [-0.25, -0.2) is 9.97 Å². The zero-order valence-electron chi connectivity index (χ0n) is 46.1. The van der Waals surface area contributed by atoms with Gasteiger partial charge in [-0.05, 0) is 158 Å². The zero-order valence-corrected chi connectivity index (χ0v) is 46.1. The number of hydrogen-bond donors (Lipinski definition) is 0. The van der Waals surface area contributed by atoms with Crippen LogP contribution in [0.3, 0.4) is 0 Å². The number of hydrogen-bond acceptors (Lipinski definition) is 6. The van der Waals surface area contributed by atoms with Crippen molar-refractivity contribution in [2.45, 2.75) is 13.8 Å². The van der Waals surface area contributed by atoms with E-state index in [9.17, 15) is 0 Å². The lowest BCUT2D eigenvalue weighted by atomic mass is 10.0. The molecule has 0 radical (unpaired) electrons. The first-order valence-electron chi connectivity index (χ1n) is 28.4. The molecule has 84 heavy (non-hydrogen) atoms. The fourth-order valence-electron chi connectivity index (χ4n) is 12.5. The summed E-state index contributed by atoms with van der Waals surface area (Å²) in [5.41, 5.74) is 22.2. The molecule has 0 aliphatic heterocycles. The highest BCUT2D eigenvalue weighted by Crippen LogP contribution is 2.44. The van der Waals surface area contributed by atoms with Crippen molar-refractivity contribution in [2.24, 2.45) is 0 Å². The van der Waals surface area contributed by atoms with Gasteiger partial charge >= 0.3 is 0 Å². The summed E-state index contributed by atoms with van der Waals surface area (Å²) in [5.74, 6) is 0. The summed E-state index contributed by atoms with van der Waals surface area (Å²) in [7, 11) is 0. The Balaban J connectivity index is 0.799. The lowest BCUT2D eigenvalue weighted by Crippen LogP contribution is -2.11. The molecule has 0 bridgehead atoms. The molecule has 8 nitrogen and oxygen atoms in total. The summed E-state index contributed by atoms with van der Waals surface area (Å²) < 4.78 is 4.72. The number of rotatable bonds is 10. The van der Waals surface area contributed by atoms with Crippen LogP contribution in [0.4, 0.5) is 34.1 Å². The molecular formula is C76H52N8. The predicted molar refractivity (Wildman–Crippen MR) is 349 cm³/mol. The Labute approximate surface area is 485 Å². The normalized spacial score (nSPS) is 11.7. The minimum atomic E-state index is 0.801. The maximum atomic E-state index is 5.48. The van der Waals surface area contributed by atoms with Crippen molar-refractivity contribution in [1.82, 2.24) is 29.1 Å². The Kier molecular flexibility index (Phi) is 11.5. The first kappa shape index (κ1) is 48.7. The Morgan fingerprint density at radius 2 is 0.631 bits per heavy atom. The van der Waals surface area contributed by atoms with Crippen LogP contribution in [0.5, 0.6) is 0 Å². The SMILES string of the molecule is Cc1cc2nc(-c3ccc(N(c4ccc(-n5c6ccccc6c6ccccc65)cc4)c4cccc5cccnc45)cc3)c(-c3ccc(N(c4ccc(-n5c6ccccc6c6ccccc65)cc4)c4cccc5cccnc45)cc3)nc2cc1C. The molecule has 0 fully saturated rings. The van der Waals surface area contributed by atoms with Gasteiger partial charge in [0.1, 0.15) is 0 Å². The molecule has 0 saturated heterocycles.